The molecule has 0 spiro atoms. The third kappa shape index (κ3) is 5.31. The molecular weight excluding hydrogens is 377 g/mol. The van der Waals surface area contributed by atoms with Crippen molar-refractivity contribution in [2.45, 2.75) is 52.0 Å². The maximum Gasteiger partial charge on any atom is 0.490 e. The molecule has 1 N–H and O–H groups in total. The fourth-order valence-corrected chi connectivity index (χ4v) is 3.14. The third-order valence-electron chi connectivity index (χ3n) is 4.85. The zero-order valence-corrected chi connectivity index (χ0v) is 15.6. The van der Waals surface area contributed by atoms with E-state index in [0.717, 1.165) is 36.9 Å². The summed E-state index contributed by atoms with van der Waals surface area (Å²) in [5, 5.41) is 15.2. The van der Waals surface area contributed by atoms with Gasteiger partial charge in [0, 0.05) is 26.2 Å². The monoisotopic (exact) mass is 400 g/mol. The van der Waals surface area contributed by atoms with Gasteiger partial charge in [0.25, 0.3) is 0 Å². The highest BCUT2D eigenvalue weighted by Gasteiger charge is 2.38. The van der Waals surface area contributed by atoms with E-state index in [4.69, 9.17) is 9.90 Å². The van der Waals surface area contributed by atoms with Gasteiger partial charge in [0.05, 0.1) is 36.2 Å². The minimum Gasteiger partial charge on any atom is -0.475 e. The molecule has 154 valence electrons. The second kappa shape index (κ2) is 8.29. The van der Waals surface area contributed by atoms with Crippen molar-refractivity contribution in [1.82, 2.24) is 29.4 Å². The summed E-state index contributed by atoms with van der Waals surface area (Å²) in [6, 6.07) is 0. The molecule has 0 saturated heterocycles. The lowest BCUT2D eigenvalue weighted by Gasteiger charge is -2.19. The van der Waals surface area contributed by atoms with Crippen molar-refractivity contribution in [1.29, 1.82) is 0 Å². The van der Waals surface area contributed by atoms with E-state index in [-0.39, 0.29) is 0 Å². The number of hydrogen-bond acceptors (Lipinski definition) is 5. The van der Waals surface area contributed by atoms with Crippen LogP contribution in [0.1, 0.15) is 36.3 Å². The van der Waals surface area contributed by atoms with Crippen molar-refractivity contribution in [2.75, 3.05) is 13.1 Å². The number of nitrogens with zero attached hydrogens (tertiary/aromatic N) is 6. The molecule has 0 atom stereocenters. The van der Waals surface area contributed by atoms with E-state index < -0.39 is 12.1 Å². The van der Waals surface area contributed by atoms with Crippen LogP contribution in [0.15, 0.2) is 12.5 Å². The summed E-state index contributed by atoms with van der Waals surface area (Å²) in [4.78, 5) is 16.1. The number of alkyl halides is 3. The molecule has 2 aromatic rings. The van der Waals surface area contributed by atoms with Crippen LogP contribution in [0.2, 0.25) is 0 Å². The van der Waals surface area contributed by atoms with Gasteiger partial charge in [0.15, 0.2) is 0 Å². The van der Waals surface area contributed by atoms with Gasteiger partial charge >= 0.3 is 12.1 Å². The van der Waals surface area contributed by atoms with E-state index in [9.17, 15) is 13.2 Å². The molecule has 3 heterocycles. The first kappa shape index (κ1) is 20.3. The Morgan fingerprint density at radius 2 is 2.04 bits per heavy atom. The van der Waals surface area contributed by atoms with Crippen LogP contribution in [0.25, 0.3) is 0 Å². The summed E-state index contributed by atoms with van der Waals surface area (Å²) in [6.45, 7) is 7.34. The van der Waals surface area contributed by atoms with Gasteiger partial charge < -0.3 is 9.67 Å². The molecule has 1 fully saturated rings. The van der Waals surface area contributed by atoms with E-state index in [2.05, 4.69) is 24.8 Å². The zero-order chi connectivity index (χ0) is 20.3. The Morgan fingerprint density at radius 1 is 1.32 bits per heavy atom. The van der Waals surface area contributed by atoms with Crippen molar-refractivity contribution in [3.05, 3.63) is 29.6 Å². The maximum absolute atomic E-state index is 10.6. The highest BCUT2D eigenvalue weighted by atomic mass is 19.4. The summed E-state index contributed by atoms with van der Waals surface area (Å²) in [5.41, 5.74) is 3.59. The smallest absolute Gasteiger partial charge is 0.475 e. The van der Waals surface area contributed by atoms with Gasteiger partial charge in [0.2, 0.25) is 0 Å². The molecule has 0 amide bonds. The largest absolute Gasteiger partial charge is 0.490 e. The van der Waals surface area contributed by atoms with Crippen LogP contribution in [0.3, 0.4) is 0 Å². The molecule has 0 unspecified atom stereocenters. The number of carboxylic acid groups (broad SMARTS) is 1. The van der Waals surface area contributed by atoms with Gasteiger partial charge in [-0.25, -0.2) is 14.5 Å². The third-order valence-corrected chi connectivity index (χ3v) is 4.85. The predicted octanol–water partition coefficient (Wildman–Crippen LogP) is 2.08. The van der Waals surface area contributed by atoms with Crippen LogP contribution < -0.4 is 0 Å². The Labute approximate surface area is 160 Å². The van der Waals surface area contributed by atoms with E-state index in [1.54, 1.807) is 6.20 Å². The van der Waals surface area contributed by atoms with Crippen LogP contribution in [0, 0.1) is 12.8 Å². The first-order chi connectivity index (χ1) is 13.2. The molecule has 2 aliphatic rings. The molecular formula is C17H23F3N6O2. The van der Waals surface area contributed by atoms with Crippen LogP contribution in [0.5, 0.6) is 0 Å². The highest BCUT2D eigenvalue weighted by molar-refractivity contribution is 5.73. The van der Waals surface area contributed by atoms with E-state index in [0.29, 0.717) is 0 Å². The molecule has 1 aliphatic heterocycles. The number of aryl methyl sites for hydroxylation is 2. The average molecular weight is 400 g/mol. The Hall–Kier alpha value is -2.43. The number of carbonyl (C=O) groups is 1. The van der Waals surface area contributed by atoms with Crippen molar-refractivity contribution < 1.29 is 23.1 Å². The Morgan fingerprint density at radius 3 is 2.61 bits per heavy atom. The number of fused-ring (bicyclic) bond motifs is 1. The topological polar surface area (TPSA) is 89.1 Å². The van der Waals surface area contributed by atoms with Gasteiger partial charge in [-0.15, -0.1) is 5.10 Å². The number of hydrogen-bond donors (Lipinski definition) is 1. The number of carboxylic acids is 1. The molecule has 8 nitrogen and oxygen atoms in total. The lowest BCUT2D eigenvalue weighted by atomic mass is 10.2. The summed E-state index contributed by atoms with van der Waals surface area (Å²) < 4.78 is 36.0. The Kier molecular flexibility index (Phi) is 6.01. The summed E-state index contributed by atoms with van der Waals surface area (Å²) in [5.74, 6) is -1.81. The van der Waals surface area contributed by atoms with Gasteiger partial charge in [-0.05, 0) is 32.1 Å². The van der Waals surface area contributed by atoms with Crippen molar-refractivity contribution >= 4 is 5.97 Å². The number of halogens is 3. The van der Waals surface area contributed by atoms with Crippen LogP contribution in [0.4, 0.5) is 13.2 Å². The fraction of sp³-hybridized carbons (Fsp3) is 0.647. The minimum absolute atomic E-state index is 0.728. The minimum atomic E-state index is -5.08. The first-order valence-corrected chi connectivity index (χ1v) is 9.14. The van der Waals surface area contributed by atoms with Crippen molar-refractivity contribution in [2.24, 2.45) is 5.92 Å². The Balaban J connectivity index is 0.000000279. The second-order valence-electron chi connectivity index (χ2n) is 7.20. The number of rotatable bonds is 4. The molecule has 4 rings (SSSR count). The number of aliphatic carboxylic acids is 1. The number of imidazole rings is 1. The van der Waals surface area contributed by atoms with Crippen LogP contribution >= 0.6 is 0 Å². The molecule has 0 aromatic carbocycles. The maximum atomic E-state index is 10.6. The summed E-state index contributed by atoms with van der Waals surface area (Å²) in [6.07, 6.45) is 2.77. The van der Waals surface area contributed by atoms with Gasteiger partial charge in [0.1, 0.15) is 0 Å². The first-order valence-electron chi connectivity index (χ1n) is 9.14. The standard InChI is InChI=1S/C15H22N6.C2HF3O2/c1-12-7-17-18-21(12)9-14-15-10-19(8-13-3-4-13)5-2-6-20(15)11-16-14;3-2(4,5)1(6)7/h7,11,13H,2-6,8-10H2,1H3;(H,6,7). The Bertz CT molecular complexity index is 812. The lowest BCUT2D eigenvalue weighted by Crippen LogP contribution is -2.26. The van der Waals surface area contributed by atoms with Gasteiger partial charge in [-0.1, -0.05) is 5.21 Å². The quantitative estimate of drug-likeness (QED) is 0.845. The fourth-order valence-electron chi connectivity index (χ4n) is 3.14. The molecule has 11 heteroatoms. The summed E-state index contributed by atoms with van der Waals surface area (Å²) >= 11 is 0. The molecule has 0 radical (unpaired) electrons. The lowest BCUT2D eigenvalue weighted by molar-refractivity contribution is -0.192. The van der Waals surface area contributed by atoms with Crippen molar-refractivity contribution in [3.63, 3.8) is 0 Å². The van der Waals surface area contributed by atoms with Crippen LogP contribution in [-0.2, 0) is 24.4 Å². The SMILES string of the molecule is Cc1cnnn1Cc1ncn2c1CN(CC1CC1)CCC2.O=C(O)C(F)(F)F. The van der Waals surface area contributed by atoms with Crippen LogP contribution in [-0.4, -0.2) is 59.8 Å². The predicted molar refractivity (Wildman–Crippen MR) is 92.4 cm³/mol. The summed E-state index contributed by atoms with van der Waals surface area (Å²) in [7, 11) is 0. The molecule has 2 aromatic heterocycles. The van der Waals surface area contributed by atoms with E-state index in [1.807, 2.05) is 17.9 Å². The second-order valence-corrected chi connectivity index (χ2v) is 7.20. The van der Waals surface area contributed by atoms with E-state index >= 15 is 0 Å². The highest BCUT2D eigenvalue weighted by Crippen LogP contribution is 2.31. The van der Waals surface area contributed by atoms with Crippen molar-refractivity contribution in [3.8, 4) is 0 Å². The molecule has 28 heavy (non-hydrogen) atoms. The number of aromatic nitrogens is 5. The zero-order valence-electron chi connectivity index (χ0n) is 15.6. The normalized spacial score (nSPS) is 17.4. The molecule has 1 saturated carbocycles. The molecule has 1 aliphatic carbocycles. The van der Waals surface area contributed by atoms with Gasteiger partial charge in [-0.3, -0.25) is 4.90 Å². The molecule has 0 bridgehead atoms. The van der Waals surface area contributed by atoms with Gasteiger partial charge in [-0.2, -0.15) is 13.2 Å². The average Bonchev–Trinajstić information content (AvgIpc) is 3.29. The van der Waals surface area contributed by atoms with E-state index in [1.165, 1.54) is 38.0 Å².